The van der Waals surface area contributed by atoms with Crippen molar-refractivity contribution in [2.24, 2.45) is 0 Å². The molecule has 2 aromatic heterocycles. The van der Waals surface area contributed by atoms with Crippen LogP contribution in [0.4, 0.5) is 0 Å². The van der Waals surface area contributed by atoms with E-state index in [1.54, 1.807) is 0 Å². The summed E-state index contributed by atoms with van der Waals surface area (Å²) in [6, 6.07) is 62.0. The fourth-order valence-electron chi connectivity index (χ4n) is 7.22. The predicted molar refractivity (Wildman–Crippen MR) is 215 cm³/mol. The van der Waals surface area contributed by atoms with E-state index in [2.05, 4.69) is 164 Å². The molecule has 0 aliphatic carbocycles. The molecule has 0 atom stereocenters. The van der Waals surface area contributed by atoms with E-state index in [9.17, 15) is 0 Å². The number of rotatable bonds is 5. The largest absolute Gasteiger partial charge is 0.208 e. The summed E-state index contributed by atoms with van der Waals surface area (Å²) in [5.74, 6) is 1.96. The molecule has 238 valence electrons. The van der Waals surface area contributed by atoms with Crippen molar-refractivity contribution in [3.63, 3.8) is 0 Å². The molecule has 0 amide bonds. The first kappa shape index (κ1) is 29.4. The highest BCUT2D eigenvalue weighted by Crippen LogP contribution is 2.46. The Morgan fingerprint density at radius 3 is 1.67 bits per heavy atom. The minimum Gasteiger partial charge on any atom is -0.208 e. The van der Waals surface area contributed by atoms with Gasteiger partial charge in [-0.1, -0.05) is 158 Å². The molecule has 10 aromatic rings. The summed E-state index contributed by atoms with van der Waals surface area (Å²) in [5, 5.41) is 7.43. The molecule has 0 unspecified atom stereocenters. The van der Waals surface area contributed by atoms with Gasteiger partial charge in [-0.2, -0.15) is 0 Å². The van der Waals surface area contributed by atoms with E-state index in [0.29, 0.717) is 17.5 Å². The zero-order valence-corrected chi connectivity index (χ0v) is 28.3. The van der Waals surface area contributed by atoms with E-state index in [0.717, 1.165) is 33.4 Å². The van der Waals surface area contributed by atoms with Gasteiger partial charge in [0.2, 0.25) is 0 Å². The van der Waals surface area contributed by atoms with Crippen molar-refractivity contribution in [2.45, 2.75) is 0 Å². The Bertz CT molecular complexity index is 2900. The van der Waals surface area contributed by atoms with Crippen molar-refractivity contribution in [3.05, 3.63) is 176 Å². The van der Waals surface area contributed by atoms with Gasteiger partial charge in [-0.25, -0.2) is 15.0 Å². The second-order valence-electron chi connectivity index (χ2n) is 12.8. The number of hydrogen-bond acceptors (Lipinski definition) is 4. The van der Waals surface area contributed by atoms with E-state index < -0.39 is 0 Å². The molecule has 0 N–H and O–H groups in total. The summed E-state index contributed by atoms with van der Waals surface area (Å²) in [6.45, 7) is 0. The van der Waals surface area contributed by atoms with Crippen LogP contribution in [0.25, 0.3) is 98.1 Å². The maximum Gasteiger partial charge on any atom is 0.165 e. The van der Waals surface area contributed by atoms with Gasteiger partial charge in [-0.05, 0) is 62.0 Å². The van der Waals surface area contributed by atoms with Gasteiger partial charge in [0, 0.05) is 36.9 Å². The second-order valence-corrected chi connectivity index (χ2v) is 13.9. The monoisotopic (exact) mass is 667 g/mol. The van der Waals surface area contributed by atoms with Crippen LogP contribution >= 0.6 is 11.3 Å². The maximum atomic E-state index is 5.27. The molecule has 0 radical (unpaired) electrons. The number of aromatic nitrogens is 3. The third-order valence-corrected chi connectivity index (χ3v) is 10.9. The predicted octanol–water partition coefficient (Wildman–Crippen LogP) is 12.9. The minimum atomic E-state index is 0.646. The molecule has 4 heteroatoms. The van der Waals surface area contributed by atoms with Crippen molar-refractivity contribution in [1.29, 1.82) is 0 Å². The molecule has 2 heterocycles. The van der Waals surface area contributed by atoms with Crippen LogP contribution < -0.4 is 0 Å². The number of fused-ring (bicyclic) bond motifs is 7. The lowest BCUT2D eigenvalue weighted by Gasteiger charge is -2.13. The lowest BCUT2D eigenvalue weighted by Crippen LogP contribution is -2.00. The summed E-state index contributed by atoms with van der Waals surface area (Å²) in [4.78, 5) is 15.7. The highest BCUT2D eigenvalue weighted by Gasteiger charge is 2.20. The number of nitrogens with zero attached hydrogens (tertiary/aromatic N) is 3. The van der Waals surface area contributed by atoms with Gasteiger partial charge in [0.25, 0.3) is 0 Å². The van der Waals surface area contributed by atoms with Crippen molar-refractivity contribution in [2.75, 3.05) is 0 Å². The van der Waals surface area contributed by atoms with Crippen molar-refractivity contribution in [3.8, 4) is 56.4 Å². The molecule has 0 aliphatic rings. The SMILES string of the molecule is c1ccc(-c2ccc(-c3nc(-c4cccc(-c5ccccc5)c4)nc(-c4cc5ccc6ccccc6c5c5c4sc4ccccc45)n3)cc2)cc1. The lowest BCUT2D eigenvalue weighted by atomic mass is 9.95. The molecule has 10 rings (SSSR count). The van der Waals surface area contributed by atoms with Crippen LogP contribution in [0, 0.1) is 0 Å². The Balaban J connectivity index is 1.23. The molecule has 0 saturated carbocycles. The maximum absolute atomic E-state index is 5.27. The zero-order valence-electron chi connectivity index (χ0n) is 27.5. The lowest BCUT2D eigenvalue weighted by molar-refractivity contribution is 1.08. The highest BCUT2D eigenvalue weighted by molar-refractivity contribution is 7.26. The average molecular weight is 668 g/mol. The second kappa shape index (κ2) is 12.1. The molecular weight excluding hydrogens is 639 g/mol. The van der Waals surface area contributed by atoms with Gasteiger partial charge >= 0.3 is 0 Å². The minimum absolute atomic E-state index is 0.646. The molecule has 0 aliphatic heterocycles. The van der Waals surface area contributed by atoms with Crippen LogP contribution in [0.15, 0.2) is 176 Å². The third kappa shape index (κ3) is 5.16. The van der Waals surface area contributed by atoms with Crippen LogP contribution in [-0.4, -0.2) is 15.0 Å². The summed E-state index contributed by atoms with van der Waals surface area (Å²) in [7, 11) is 0. The Hall–Kier alpha value is -6.49. The molecular formula is C47H29N3S. The van der Waals surface area contributed by atoms with Crippen molar-refractivity contribution in [1.82, 2.24) is 15.0 Å². The summed E-state index contributed by atoms with van der Waals surface area (Å²) in [6.07, 6.45) is 0. The topological polar surface area (TPSA) is 38.7 Å². The number of benzene rings is 8. The van der Waals surface area contributed by atoms with Crippen molar-refractivity contribution < 1.29 is 0 Å². The van der Waals surface area contributed by atoms with E-state index in [1.165, 1.54) is 47.3 Å². The van der Waals surface area contributed by atoms with Crippen molar-refractivity contribution >= 4 is 53.1 Å². The Morgan fingerprint density at radius 2 is 0.882 bits per heavy atom. The quantitative estimate of drug-likeness (QED) is 0.171. The van der Waals surface area contributed by atoms with Crippen LogP contribution in [0.2, 0.25) is 0 Å². The molecule has 3 nitrogen and oxygen atoms in total. The van der Waals surface area contributed by atoms with E-state index in [4.69, 9.17) is 15.0 Å². The first-order chi connectivity index (χ1) is 25.3. The average Bonchev–Trinajstić information content (AvgIpc) is 3.61. The summed E-state index contributed by atoms with van der Waals surface area (Å²) >= 11 is 1.81. The third-order valence-electron chi connectivity index (χ3n) is 9.71. The van der Waals surface area contributed by atoms with E-state index >= 15 is 0 Å². The van der Waals surface area contributed by atoms with E-state index in [-0.39, 0.29) is 0 Å². The molecule has 8 aromatic carbocycles. The Labute approximate surface area is 299 Å². The first-order valence-electron chi connectivity index (χ1n) is 17.1. The molecule has 0 saturated heterocycles. The first-order valence-corrected chi connectivity index (χ1v) is 17.9. The summed E-state index contributed by atoms with van der Waals surface area (Å²) in [5.41, 5.74) is 7.50. The smallest absolute Gasteiger partial charge is 0.165 e. The van der Waals surface area contributed by atoms with Gasteiger partial charge in [0.05, 0.1) is 0 Å². The zero-order chi connectivity index (χ0) is 33.7. The number of hydrogen-bond donors (Lipinski definition) is 0. The highest BCUT2D eigenvalue weighted by atomic mass is 32.1. The molecule has 0 spiro atoms. The van der Waals surface area contributed by atoms with Gasteiger partial charge in [-0.3, -0.25) is 0 Å². The normalized spacial score (nSPS) is 11.5. The molecule has 0 fully saturated rings. The number of thiophene rings is 1. The fraction of sp³-hybridized carbons (Fsp3) is 0. The Morgan fingerprint density at radius 1 is 0.333 bits per heavy atom. The summed E-state index contributed by atoms with van der Waals surface area (Å²) < 4.78 is 2.43. The van der Waals surface area contributed by atoms with Gasteiger partial charge in [0.15, 0.2) is 17.5 Å². The van der Waals surface area contributed by atoms with Crippen LogP contribution in [-0.2, 0) is 0 Å². The van der Waals surface area contributed by atoms with Crippen LogP contribution in [0.5, 0.6) is 0 Å². The fourth-order valence-corrected chi connectivity index (χ4v) is 8.44. The van der Waals surface area contributed by atoms with Gasteiger partial charge < -0.3 is 0 Å². The van der Waals surface area contributed by atoms with Crippen LogP contribution in [0.1, 0.15) is 0 Å². The van der Waals surface area contributed by atoms with Gasteiger partial charge in [-0.15, -0.1) is 11.3 Å². The van der Waals surface area contributed by atoms with E-state index in [1.807, 2.05) is 23.5 Å². The standard InChI is InChI=1S/C47H29N3S/c1-3-12-30(13-4-1)32-22-25-34(26-23-32)45-48-46(37-18-11-17-35(28-37)31-14-5-2-6-15-31)50-47(49-45)40-29-36-27-24-33-16-7-8-19-38(33)42(36)43-39-20-9-10-21-41(39)51-44(40)43/h1-29H. The molecule has 0 bridgehead atoms. The van der Waals surface area contributed by atoms with Crippen LogP contribution in [0.3, 0.4) is 0 Å². The molecule has 51 heavy (non-hydrogen) atoms. The Kier molecular flexibility index (Phi) is 7.00. The van der Waals surface area contributed by atoms with Gasteiger partial charge in [0.1, 0.15) is 0 Å².